The quantitative estimate of drug-likeness (QED) is 0.724. The van der Waals surface area contributed by atoms with Crippen LogP contribution in [0.2, 0.25) is 0 Å². The summed E-state index contributed by atoms with van der Waals surface area (Å²) >= 11 is 0. The highest BCUT2D eigenvalue weighted by atomic mass is 16.5. The largest absolute Gasteiger partial charge is 0.374 e. The summed E-state index contributed by atoms with van der Waals surface area (Å²) in [6, 6.07) is 0. The summed E-state index contributed by atoms with van der Waals surface area (Å²) in [6.45, 7) is 3.01. The van der Waals surface area contributed by atoms with Crippen LogP contribution in [0.4, 0.5) is 0 Å². The van der Waals surface area contributed by atoms with Gasteiger partial charge < -0.3 is 9.14 Å². The van der Waals surface area contributed by atoms with Crippen LogP contribution in [0.5, 0.6) is 0 Å². The second-order valence-corrected chi connectivity index (χ2v) is 5.34. The Balaban J connectivity index is 1.83. The summed E-state index contributed by atoms with van der Waals surface area (Å²) in [5, 5.41) is 0. The Bertz CT molecular complexity index is 535. The number of nitrogens with zero attached hydrogens (tertiary/aromatic N) is 3. The molecule has 1 aliphatic carbocycles. The number of imidazole rings is 1. The standard InChI is InChI=1S/C12H13N3O/c1-11-6-12(7-11,8-16-11)9-5-15-3-2-13-4-10(15)14-9/h2-5H,6-8H2,1H3. The molecular formula is C12H13N3O. The average Bonchev–Trinajstić information content (AvgIpc) is 2.86. The number of aromatic nitrogens is 3. The number of fused-ring (bicyclic) bond motifs is 2. The van der Waals surface area contributed by atoms with Gasteiger partial charge in [-0.15, -0.1) is 0 Å². The molecule has 0 N–H and O–H groups in total. The van der Waals surface area contributed by atoms with E-state index in [0.29, 0.717) is 0 Å². The molecule has 4 heterocycles. The Kier molecular flexibility index (Phi) is 1.34. The topological polar surface area (TPSA) is 39.4 Å². The smallest absolute Gasteiger partial charge is 0.155 e. The molecule has 3 fully saturated rings. The van der Waals surface area contributed by atoms with Crippen LogP contribution in [0.25, 0.3) is 5.65 Å². The highest BCUT2D eigenvalue weighted by Gasteiger charge is 2.61. The zero-order chi connectivity index (χ0) is 10.8. The lowest BCUT2D eigenvalue weighted by Gasteiger charge is -2.41. The Morgan fingerprint density at radius 3 is 3.00 bits per heavy atom. The first kappa shape index (κ1) is 8.70. The van der Waals surface area contributed by atoms with Crippen LogP contribution in [0.15, 0.2) is 24.8 Å². The van der Waals surface area contributed by atoms with Gasteiger partial charge in [0, 0.05) is 24.0 Å². The number of ether oxygens (including phenoxy) is 1. The molecule has 16 heavy (non-hydrogen) atoms. The number of hydrogen-bond donors (Lipinski definition) is 0. The molecule has 82 valence electrons. The van der Waals surface area contributed by atoms with Gasteiger partial charge in [-0.25, -0.2) is 4.98 Å². The highest BCUT2D eigenvalue weighted by Crippen LogP contribution is 2.58. The fraction of sp³-hybridized carbons (Fsp3) is 0.500. The second kappa shape index (κ2) is 2.46. The third kappa shape index (κ3) is 0.930. The van der Waals surface area contributed by atoms with Crippen LogP contribution in [-0.2, 0) is 10.2 Å². The predicted octanol–water partition coefficient (Wildman–Crippen LogP) is 1.55. The molecule has 3 aliphatic rings. The third-order valence-corrected chi connectivity index (χ3v) is 3.93. The Morgan fingerprint density at radius 1 is 1.44 bits per heavy atom. The highest BCUT2D eigenvalue weighted by molar-refractivity contribution is 5.41. The lowest BCUT2D eigenvalue weighted by molar-refractivity contribution is 0.0154. The minimum Gasteiger partial charge on any atom is -0.374 e. The molecule has 1 saturated carbocycles. The van der Waals surface area contributed by atoms with E-state index >= 15 is 0 Å². The van der Waals surface area contributed by atoms with Gasteiger partial charge in [-0.05, 0) is 19.8 Å². The van der Waals surface area contributed by atoms with Gasteiger partial charge >= 0.3 is 0 Å². The van der Waals surface area contributed by atoms with E-state index in [-0.39, 0.29) is 11.0 Å². The van der Waals surface area contributed by atoms with Crippen LogP contribution in [0.3, 0.4) is 0 Å². The molecule has 0 unspecified atom stereocenters. The zero-order valence-electron chi connectivity index (χ0n) is 9.18. The van der Waals surface area contributed by atoms with Crippen LogP contribution >= 0.6 is 0 Å². The van der Waals surface area contributed by atoms with Gasteiger partial charge in [0.05, 0.1) is 24.1 Å². The molecule has 2 saturated heterocycles. The van der Waals surface area contributed by atoms with Crippen molar-refractivity contribution in [1.82, 2.24) is 14.4 Å². The summed E-state index contributed by atoms with van der Waals surface area (Å²) in [7, 11) is 0. The van der Waals surface area contributed by atoms with Gasteiger partial charge in [-0.3, -0.25) is 4.98 Å². The molecule has 2 aromatic rings. The van der Waals surface area contributed by atoms with Crippen molar-refractivity contribution in [3.05, 3.63) is 30.5 Å². The third-order valence-electron chi connectivity index (χ3n) is 3.93. The van der Waals surface area contributed by atoms with Crippen LogP contribution in [0, 0.1) is 0 Å². The van der Waals surface area contributed by atoms with E-state index in [9.17, 15) is 0 Å². The van der Waals surface area contributed by atoms with Crippen molar-refractivity contribution in [1.29, 1.82) is 0 Å². The van der Waals surface area contributed by atoms with Crippen LogP contribution in [0.1, 0.15) is 25.5 Å². The first-order valence-electron chi connectivity index (χ1n) is 5.62. The maximum atomic E-state index is 5.80. The lowest BCUT2D eigenvalue weighted by atomic mass is 9.62. The summed E-state index contributed by atoms with van der Waals surface area (Å²) in [5.74, 6) is 0. The van der Waals surface area contributed by atoms with Crippen molar-refractivity contribution >= 4 is 5.65 Å². The van der Waals surface area contributed by atoms with Gasteiger partial charge in [0.2, 0.25) is 0 Å². The summed E-state index contributed by atoms with van der Waals surface area (Å²) < 4.78 is 7.84. The fourth-order valence-electron chi connectivity index (χ4n) is 3.25. The summed E-state index contributed by atoms with van der Waals surface area (Å²) in [5.41, 5.74) is 2.39. The average molecular weight is 215 g/mol. The molecule has 0 radical (unpaired) electrons. The zero-order valence-corrected chi connectivity index (χ0v) is 9.18. The van der Waals surface area contributed by atoms with E-state index in [1.807, 2.05) is 10.6 Å². The minimum atomic E-state index is 0.119. The van der Waals surface area contributed by atoms with Crippen molar-refractivity contribution in [2.24, 2.45) is 0 Å². The monoisotopic (exact) mass is 215 g/mol. The van der Waals surface area contributed by atoms with E-state index in [4.69, 9.17) is 4.74 Å². The van der Waals surface area contributed by atoms with E-state index in [1.165, 1.54) is 0 Å². The number of hydrogen-bond acceptors (Lipinski definition) is 3. The van der Waals surface area contributed by atoms with Gasteiger partial charge in [0.15, 0.2) is 5.65 Å². The molecule has 0 spiro atoms. The van der Waals surface area contributed by atoms with Gasteiger partial charge in [-0.1, -0.05) is 0 Å². The molecular weight excluding hydrogens is 202 g/mol. The summed E-state index contributed by atoms with van der Waals surface area (Å²) in [4.78, 5) is 8.74. The van der Waals surface area contributed by atoms with Crippen LogP contribution < -0.4 is 0 Å². The molecule has 0 aromatic carbocycles. The van der Waals surface area contributed by atoms with Crippen molar-refractivity contribution < 1.29 is 4.74 Å². The lowest BCUT2D eigenvalue weighted by Crippen LogP contribution is -2.45. The van der Waals surface area contributed by atoms with Crippen molar-refractivity contribution in [3.63, 3.8) is 0 Å². The van der Waals surface area contributed by atoms with E-state index in [2.05, 4.69) is 23.1 Å². The molecule has 0 amide bonds. The molecule has 2 bridgehead atoms. The maximum absolute atomic E-state index is 5.80. The predicted molar refractivity (Wildman–Crippen MR) is 58.3 cm³/mol. The second-order valence-electron chi connectivity index (χ2n) is 5.34. The Morgan fingerprint density at radius 2 is 2.31 bits per heavy atom. The maximum Gasteiger partial charge on any atom is 0.155 e. The Labute approximate surface area is 93.3 Å². The Hall–Kier alpha value is -1.42. The van der Waals surface area contributed by atoms with Crippen LogP contribution in [-0.4, -0.2) is 26.6 Å². The fourth-order valence-corrected chi connectivity index (χ4v) is 3.25. The first-order chi connectivity index (χ1) is 7.69. The molecule has 2 aromatic heterocycles. The molecule has 2 aliphatic heterocycles. The van der Waals surface area contributed by atoms with Gasteiger partial charge in [0.1, 0.15) is 0 Å². The van der Waals surface area contributed by atoms with Gasteiger partial charge in [-0.2, -0.15) is 0 Å². The molecule has 4 heteroatoms. The first-order valence-corrected chi connectivity index (χ1v) is 5.62. The SMILES string of the molecule is CC12CC(c3cn4ccncc4n3)(CO1)C2. The molecule has 0 atom stereocenters. The van der Waals surface area contributed by atoms with E-state index in [1.54, 1.807) is 12.4 Å². The minimum absolute atomic E-state index is 0.119. The van der Waals surface area contributed by atoms with E-state index in [0.717, 1.165) is 30.8 Å². The van der Waals surface area contributed by atoms with Crippen molar-refractivity contribution in [2.75, 3.05) is 6.61 Å². The molecule has 5 rings (SSSR count). The normalized spacial score (nSPS) is 36.6. The van der Waals surface area contributed by atoms with E-state index < -0.39 is 0 Å². The number of rotatable bonds is 1. The van der Waals surface area contributed by atoms with Crippen molar-refractivity contribution in [3.8, 4) is 0 Å². The molecule has 4 nitrogen and oxygen atoms in total. The van der Waals surface area contributed by atoms with Crippen molar-refractivity contribution in [2.45, 2.75) is 30.8 Å². The summed E-state index contributed by atoms with van der Waals surface area (Å²) in [6.07, 6.45) is 9.86. The van der Waals surface area contributed by atoms with Gasteiger partial charge in [0.25, 0.3) is 0 Å².